The van der Waals surface area contributed by atoms with Gasteiger partial charge in [-0.2, -0.15) is 0 Å². The monoisotopic (exact) mass is 436 g/mol. The average molecular weight is 437 g/mol. The molecule has 9 heteroatoms. The van der Waals surface area contributed by atoms with Crippen LogP contribution in [0.2, 0.25) is 5.15 Å². The summed E-state index contributed by atoms with van der Waals surface area (Å²) in [6.45, 7) is 0.576. The summed E-state index contributed by atoms with van der Waals surface area (Å²) in [6, 6.07) is 13.7. The number of anilines is 1. The molecule has 0 aliphatic heterocycles. The van der Waals surface area contributed by atoms with Crippen LogP contribution in [0.4, 0.5) is 5.82 Å². The minimum Gasteiger partial charge on any atom is -0.365 e. The van der Waals surface area contributed by atoms with E-state index in [2.05, 4.69) is 25.6 Å². The Morgan fingerprint density at radius 1 is 1.13 bits per heavy atom. The molecule has 31 heavy (non-hydrogen) atoms. The first-order valence-corrected chi connectivity index (χ1v) is 10.2. The van der Waals surface area contributed by atoms with Crippen molar-refractivity contribution >= 4 is 34.2 Å². The summed E-state index contributed by atoms with van der Waals surface area (Å²) < 4.78 is 1.19. The number of rotatable bonds is 8. The normalized spacial score (nSPS) is 10.9. The van der Waals surface area contributed by atoms with Gasteiger partial charge in [0.05, 0.1) is 30.1 Å². The first-order valence-electron chi connectivity index (χ1n) is 9.82. The fraction of sp³-hybridized carbons (Fsp3) is 0.182. The van der Waals surface area contributed by atoms with E-state index in [-0.39, 0.29) is 30.0 Å². The van der Waals surface area contributed by atoms with Crippen LogP contribution < -0.4 is 16.2 Å². The van der Waals surface area contributed by atoms with Gasteiger partial charge in [-0.25, -0.2) is 4.98 Å². The van der Waals surface area contributed by atoms with Gasteiger partial charge in [-0.1, -0.05) is 41.9 Å². The van der Waals surface area contributed by atoms with Gasteiger partial charge in [-0.3, -0.25) is 19.1 Å². The first-order chi connectivity index (χ1) is 15.1. The SMILES string of the molecule is O=C(Cn1c(Cl)cnc(NCCc2ccccc2)c1=O)NCc1cc2cc[nH]c2cn1. The Balaban J connectivity index is 1.37. The molecular weight excluding hydrogens is 416 g/mol. The molecule has 4 aromatic rings. The zero-order valence-corrected chi connectivity index (χ0v) is 17.4. The molecule has 3 heterocycles. The fourth-order valence-corrected chi connectivity index (χ4v) is 3.37. The summed E-state index contributed by atoms with van der Waals surface area (Å²) in [5.41, 5.74) is 2.35. The van der Waals surface area contributed by atoms with E-state index in [4.69, 9.17) is 11.6 Å². The molecule has 4 rings (SSSR count). The summed E-state index contributed by atoms with van der Waals surface area (Å²) in [5, 5.41) is 6.91. The number of aromatic amines is 1. The van der Waals surface area contributed by atoms with Gasteiger partial charge in [0.2, 0.25) is 5.91 Å². The summed E-state index contributed by atoms with van der Waals surface area (Å²) >= 11 is 6.12. The number of carbonyl (C=O) groups excluding carboxylic acids is 1. The van der Waals surface area contributed by atoms with Crippen LogP contribution in [0.5, 0.6) is 0 Å². The number of halogens is 1. The summed E-state index contributed by atoms with van der Waals surface area (Å²) in [7, 11) is 0. The van der Waals surface area contributed by atoms with Gasteiger partial charge in [-0.15, -0.1) is 0 Å². The van der Waals surface area contributed by atoms with E-state index in [0.717, 1.165) is 28.6 Å². The van der Waals surface area contributed by atoms with Crippen molar-refractivity contribution in [1.82, 2.24) is 24.8 Å². The number of benzene rings is 1. The first kappa shape index (κ1) is 20.6. The lowest BCUT2D eigenvalue weighted by Crippen LogP contribution is -2.34. The molecule has 0 radical (unpaired) electrons. The molecule has 3 aromatic heterocycles. The van der Waals surface area contributed by atoms with Crippen molar-refractivity contribution in [2.75, 3.05) is 11.9 Å². The molecule has 0 unspecified atom stereocenters. The van der Waals surface area contributed by atoms with Crippen molar-refractivity contribution < 1.29 is 4.79 Å². The molecule has 0 aliphatic carbocycles. The molecule has 0 spiro atoms. The predicted molar refractivity (Wildman–Crippen MR) is 120 cm³/mol. The van der Waals surface area contributed by atoms with Crippen LogP contribution in [-0.4, -0.2) is 32.0 Å². The van der Waals surface area contributed by atoms with E-state index >= 15 is 0 Å². The Bertz CT molecular complexity index is 1250. The maximum atomic E-state index is 12.7. The van der Waals surface area contributed by atoms with Crippen molar-refractivity contribution in [2.45, 2.75) is 19.5 Å². The van der Waals surface area contributed by atoms with Gasteiger partial charge in [0.15, 0.2) is 5.82 Å². The molecule has 0 saturated heterocycles. The third kappa shape index (κ3) is 5.10. The second kappa shape index (κ2) is 9.44. The van der Waals surface area contributed by atoms with E-state index < -0.39 is 5.56 Å². The van der Waals surface area contributed by atoms with Crippen molar-refractivity contribution in [3.8, 4) is 0 Å². The quantitative estimate of drug-likeness (QED) is 0.394. The van der Waals surface area contributed by atoms with Crippen LogP contribution >= 0.6 is 11.6 Å². The van der Waals surface area contributed by atoms with Crippen LogP contribution in [0.3, 0.4) is 0 Å². The fourth-order valence-electron chi connectivity index (χ4n) is 3.19. The Morgan fingerprint density at radius 2 is 1.97 bits per heavy atom. The van der Waals surface area contributed by atoms with E-state index in [1.165, 1.54) is 10.8 Å². The second-order valence-corrected chi connectivity index (χ2v) is 7.39. The molecular formula is C22H21ClN6O2. The van der Waals surface area contributed by atoms with E-state index in [1.807, 2.05) is 48.7 Å². The molecule has 0 fully saturated rings. The highest BCUT2D eigenvalue weighted by molar-refractivity contribution is 6.29. The standard InChI is InChI=1S/C22H21ClN6O2/c23-19-13-28-21(25-8-6-15-4-2-1-3-5-15)22(31)29(19)14-20(30)27-11-17-10-16-7-9-24-18(16)12-26-17/h1-5,7,9-10,12-13,24H,6,8,11,14H2,(H,25,28)(H,27,30). The average Bonchev–Trinajstić information content (AvgIpc) is 3.25. The van der Waals surface area contributed by atoms with Crippen LogP contribution in [-0.2, 0) is 24.3 Å². The summed E-state index contributed by atoms with van der Waals surface area (Å²) in [6.07, 6.45) is 5.65. The second-order valence-electron chi connectivity index (χ2n) is 7.00. The van der Waals surface area contributed by atoms with Gasteiger partial charge in [-0.05, 0) is 24.1 Å². The number of fused-ring (bicyclic) bond motifs is 1. The molecule has 158 valence electrons. The smallest absolute Gasteiger partial charge is 0.294 e. The molecule has 8 nitrogen and oxygen atoms in total. The number of nitrogens with zero attached hydrogens (tertiary/aromatic N) is 3. The number of carbonyl (C=O) groups is 1. The topological polar surface area (TPSA) is 105 Å². The van der Waals surface area contributed by atoms with Gasteiger partial charge >= 0.3 is 0 Å². The number of pyridine rings is 1. The lowest BCUT2D eigenvalue weighted by Gasteiger charge is -2.11. The zero-order valence-electron chi connectivity index (χ0n) is 16.6. The molecule has 3 N–H and O–H groups in total. The molecule has 0 saturated carbocycles. The summed E-state index contributed by atoms with van der Waals surface area (Å²) in [5.74, 6) is -0.186. The molecule has 0 atom stereocenters. The minimum absolute atomic E-state index is 0.0978. The van der Waals surface area contributed by atoms with E-state index in [1.54, 1.807) is 6.20 Å². The van der Waals surface area contributed by atoms with Crippen molar-refractivity contribution in [1.29, 1.82) is 0 Å². The summed E-state index contributed by atoms with van der Waals surface area (Å²) in [4.78, 5) is 36.6. The van der Waals surface area contributed by atoms with Crippen LogP contribution in [0, 0.1) is 0 Å². The van der Waals surface area contributed by atoms with Gasteiger partial charge in [0, 0.05) is 18.1 Å². The predicted octanol–water partition coefficient (Wildman–Crippen LogP) is 2.74. The number of aromatic nitrogens is 4. The van der Waals surface area contributed by atoms with Crippen molar-refractivity contribution in [3.63, 3.8) is 0 Å². The molecule has 0 bridgehead atoms. The Labute approximate surface area is 183 Å². The third-order valence-corrected chi connectivity index (χ3v) is 5.12. The van der Waals surface area contributed by atoms with Gasteiger partial charge in [0.1, 0.15) is 11.7 Å². The highest BCUT2D eigenvalue weighted by Crippen LogP contribution is 2.12. The number of nitrogens with one attached hydrogen (secondary N) is 3. The van der Waals surface area contributed by atoms with Crippen molar-refractivity contribution in [2.24, 2.45) is 0 Å². The maximum absolute atomic E-state index is 12.7. The van der Waals surface area contributed by atoms with E-state index in [0.29, 0.717) is 6.54 Å². The highest BCUT2D eigenvalue weighted by Gasteiger charge is 2.13. The van der Waals surface area contributed by atoms with Crippen LogP contribution in [0.1, 0.15) is 11.3 Å². The van der Waals surface area contributed by atoms with Crippen molar-refractivity contribution in [3.05, 3.63) is 87.8 Å². The van der Waals surface area contributed by atoms with E-state index in [9.17, 15) is 9.59 Å². The molecule has 1 aromatic carbocycles. The maximum Gasteiger partial charge on any atom is 0.294 e. The number of hydrogen-bond donors (Lipinski definition) is 3. The highest BCUT2D eigenvalue weighted by atomic mass is 35.5. The minimum atomic E-state index is -0.442. The Morgan fingerprint density at radius 3 is 2.81 bits per heavy atom. The lowest BCUT2D eigenvalue weighted by molar-refractivity contribution is -0.121. The zero-order chi connectivity index (χ0) is 21.6. The Hall–Kier alpha value is -3.65. The Kier molecular flexibility index (Phi) is 6.28. The van der Waals surface area contributed by atoms with Gasteiger partial charge in [0.25, 0.3) is 5.56 Å². The number of amides is 1. The van der Waals surface area contributed by atoms with Crippen LogP contribution in [0.25, 0.3) is 10.9 Å². The number of hydrogen-bond acceptors (Lipinski definition) is 5. The molecule has 0 aliphatic rings. The molecule has 1 amide bonds. The van der Waals surface area contributed by atoms with Gasteiger partial charge < -0.3 is 15.6 Å². The third-order valence-electron chi connectivity index (χ3n) is 4.82. The number of H-pyrrole nitrogens is 1. The lowest BCUT2D eigenvalue weighted by atomic mass is 10.1. The largest absolute Gasteiger partial charge is 0.365 e. The van der Waals surface area contributed by atoms with Crippen LogP contribution in [0.15, 0.2) is 65.8 Å².